The molecule has 2 aromatic carbocycles. The lowest BCUT2D eigenvalue weighted by Crippen LogP contribution is -2.58. The number of nitrogens with two attached hydrogens (primary N) is 3. The fourth-order valence-electron chi connectivity index (χ4n) is 4.82. The number of hydrogen-bond donors (Lipinski definition) is 6. The topological polar surface area (TPSA) is 202 Å². The number of H-pyrrole nitrogens is 1. The van der Waals surface area contributed by atoms with E-state index in [0.717, 1.165) is 26.9 Å². The van der Waals surface area contributed by atoms with Crippen LogP contribution in [0.2, 0.25) is 0 Å². The molecule has 1 aliphatic rings. The third-order valence-electron chi connectivity index (χ3n) is 6.81. The first-order valence-corrected chi connectivity index (χ1v) is 13.1. The van der Waals surface area contributed by atoms with Crippen molar-refractivity contribution in [2.24, 2.45) is 22.2 Å². The second kappa shape index (κ2) is 12.9. The minimum Gasteiger partial charge on any atom is -0.370 e. The van der Waals surface area contributed by atoms with Crippen molar-refractivity contribution < 1.29 is 19.2 Å². The highest BCUT2D eigenvalue weighted by atomic mass is 16.2. The van der Waals surface area contributed by atoms with Gasteiger partial charge in [0.05, 0.1) is 12.6 Å². The Kier molecular flexibility index (Phi) is 9.12. The summed E-state index contributed by atoms with van der Waals surface area (Å²) in [4.78, 5) is 61.7. The average molecular weight is 547 g/mol. The summed E-state index contributed by atoms with van der Waals surface area (Å²) in [5.74, 6) is -2.72. The third-order valence-corrected chi connectivity index (χ3v) is 6.81. The standard InChI is InChI=1S/C28H34N8O4/c29-20(13-17-7-2-1-3-8-17)27(40)36-23(11-6-12-32-28(30)31)26(39)35-22(25(38)34-16-24(36)37)14-18-15-33-21-10-5-4-9-19(18)21/h1-5,7-10,15,20,22-23,33H,6,11-14,16,29H2,(H,34,38)(H,35,39)(H4,30,31,32)/t20-,22+,23-/m1/s1. The van der Waals surface area contributed by atoms with Crippen molar-refractivity contribution in [1.29, 1.82) is 0 Å². The lowest BCUT2D eigenvalue weighted by molar-refractivity contribution is -0.152. The van der Waals surface area contributed by atoms with E-state index in [0.29, 0.717) is 6.42 Å². The Labute approximate surface area is 231 Å². The number of amides is 4. The molecule has 1 saturated heterocycles. The van der Waals surface area contributed by atoms with Crippen LogP contribution >= 0.6 is 0 Å². The van der Waals surface area contributed by atoms with E-state index in [2.05, 4.69) is 20.6 Å². The highest BCUT2D eigenvalue weighted by Crippen LogP contribution is 2.20. The molecule has 3 aromatic rings. The van der Waals surface area contributed by atoms with Gasteiger partial charge in [-0.1, -0.05) is 48.5 Å². The molecule has 3 atom stereocenters. The van der Waals surface area contributed by atoms with Gasteiger partial charge in [0, 0.05) is 30.1 Å². The summed E-state index contributed by atoms with van der Waals surface area (Å²) < 4.78 is 0. The number of fused-ring (bicyclic) bond motifs is 1. The molecule has 1 aliphatic heterocycles. The van der Waals surface area contributed by atoms with Crippen molar-refractivity contribution in [1.82, 2.24) is 20.5 Å². The zero-order valence-corrected chi connectivity index (χ0v) is 22.0. The summed E-state index contributed by atoms with van der Waals surface area (Å²) in [5, 5.41) is 6.26. The van der Waals surface area contributed by atoms with Crippen LogP contribution in [0.1, 0.15) is 24.0 Å². The van der Waals surface area contributed by atoms with E-state index in [1.807, 2.05) is 54.6 Å². The van der Waals surface area contributed by atoms with Crippen molar-refractivity contribution >= 4 is 40.5 Å². The molecule has 0 radical (unpaired) electrons. The molecule has 0 saturated carbocycles. The van der Waals surface area contributed by atoms with Gasteiger partial charge in [-0.2, -0.15) is 0 Å². The highest BCUT2D eigenvalue weighted by Gasteiger charge is 2.39. The number of benzene rings is 2. The Bertz CT molecular complexity index is 1400. The minimum absolute atomic E-state index is 0.0755. The fraction of sp³-hybridized carbons (Fsp3) is 0.321. The second-order valence-corrected chi connectivity index (χ2v) is 9.71. The fourth-order valence-corrected chi connectivity index (χ4v) is 4.82. The number of rotatable bonds is 9. The summed E-state index contributed by atoms with van der Waals surface area (Å²) in [6.07, 6.45) is 2.51. The van der Waals surface area contributed by atoms with Crippen molar-refractivity contribution in [3.8, 4) is 0 Å². The Balaban J connectivity index is 1.60. The minimum atomic E-state index is -1.21. The Hall–Kier alpha value is -4.71. The molecule has 0 spiro atoms. The van der Waals surface area contributed by atoms with Crippen LogP contribution in [0.25, 0.3) is 10.9 Å². The van der Waals surface area contributed by atoms with E-state index < -0.39 is 48.3 Å². The predicted octanol–water partition coefficient (Wildman–Crippen LogP) is -0.328. The Morgan fingerprint density at radius 2 is 1.75 bits per heavy atom. The van der Waals surface area contributed by atoms with Crippen LogP contribution in [0.5, 0.6) is 0 Å². The maximum absolute atomic E-state index is 13.7. The van der Waals surface area contributed by atoms with E-state index in [-0.39, 0.29) is 31.8 Å². The third kappa shape index (κ3) is 6.83. The van der Waals surface area contributed by atoms with Gasteiger partial charge in [0.15, 0.2) is 5.96 Å². The van der Waals surface area contributed by atoms with E-state index in [9.17, 15) is 19.2 Å². The molecule has 12 heteroatoms. The summed E-state index contributed by atoms with van der Waals surface area (Å²) in [5.41, 5.74) is 19.6. The first-order valence-electron chi connectivity index (χ1n) is 13.1. The molecular formula is C28H34N8O4. The first kappa shape index (κ1) is 28.3. The maximum atomic E-state index is 13.7. The van der Waals surface area contributed by atoms with Gasteiger partial charge in [-0.25, -0.2) is 0 Å². The maximum Gasteiger partial charge on any atom is 0.249 e. The van der Waals surface area contributed by atoms with Gasteiger partial charge in [-0.3, -0.25) is 29.1 Å². The number of carbonyl (C=O) groups is 4. The number of para-hydroxylation sites is 1. The summed E-state index contributed by atoms with van der Waals surface area (Å²) >= 11 is 0. The molecule has 4 amide bonds. The van der Waals surface area contributed by atoms with E-state index >= 15 is 0 Å². The first-order chi connectivity index (χ1) is 19.2. The van der Waals surface area contributed by atoms with Gasteiger partial charge in [0.25, 0.3) is 0 Å². The summed E-state index contributed by atoms with van der Waals surface area (Å²) in [6, 6.07) is 13.5. The number of aromatic nitrogens is 1. The Morgan fingerprint density at radius 3 is 2.50 bits per heavy atom. The largest absolute Gasteiger partial charge is 0.370 e. The van der Waals surface area contributed by atoms with Gasteiger partial charge in [-0.15, -0.1) is 0 Å². The lowest BCUT2D eigenvalue weighted by Gasteiger charge is -2.31. The van der Waals surface area contributed by atoms with Gasteiger partial charge in [-0.05, 0) is 36.5 Å². The highest BCUT2D eigenvalue weighted by molar-refractivity contribution is 6.05. The van der Waals surface area contributed by atoms with Gasteiger partial charge in [0.1, 0.15) is 12.1 Å². The van der Waals surface area contributed by atoms with Crippen LogP contribution in [-0.4, -0.2) is 70.7 Å². The predicted molar refractivity (Wildman–Crippen MR) is 151 cm³/mol. The number of aliphatic imine (C=N–C) groups is 1. The molecule has 210 valence electrons. The molecule has 12 nitrogen and oxygen atoms in total. The van der Waals surface area contributed by atoms with E-state index in [1.54, 1.807) is 6.20 Å². The quantitative estimate of drug-likeness (QED) is 0.120. The lowest BCUT2D eigenvalue weighted by atomic mass is 10.0. The molecule has 4 rings (SSSR count). The van der Waals surface area contributed by atoms with Crippen LogP contribution in [0, 0.1) is 0 Å². The smallest absolute Gasteiger partial charge is 0.249 e. The average Bonchev–Trinajstić information content (AvgIpc) is 3.36. The van der Waals surface area contributed by atoms with Crippen molar-refractivity contribution in [2.75, 3.05) is 13.1 Å². The molecule has 40 heavy (non-hydrogen) atoms. The van der Waals surface area contributed by atoms with Gasteiger partial charge < -0.3 is 32.8 Å². The normalized spacial score (nSPS) is 18.7. The number of hydrogen-bond acceptors (Lipinski definition) is 6. The van der Waals surface area contributed by atoms with Crippen LogP contribution in [0.4, 0.5) is 0 Å². The van der Waals surface area contributed by atoms with Gasteiger partial charge >= 0.3 is 0 Å². The van der Waals surface area contributed by atoms with Crippen molar-refractivity contribution in [2.45, 2.75) is 43.8 Å². The number of carbonyl (C=O) groups excluding carboxylic acids is 4. The number of aromatic amines is 1. The zero-order chi connectivity index (χ0) is 28.6. The molecular weight excluding hydrogens is 512 g/mol. The van der Waals surface area contributed by atoms with E-state index in [4.69, 9.17) is 17.2 Å². The molecule has 1 fully saturated rings. The summed E-state index contributed by atoms with van der Waals surface area (Å²) in [6.45, 7) is -0.277. The molecule has 0 bridgehead atoms. The molecule has 0 unspecified atom stereocenters. The second-order valence-electron chi connectivity index (χ2n) is 9.71. The molecule has 2 heterocycles. The van der Waals surface area contributed by atoms with Crippen LogP contribution in [0.3, 0.4) is 0 Å². The van der Waals surface area contributed by atoms with E-state index in [1.165, 1.54) is 0 Å². The van der Waals surface area contributed by atoms with Crippen LogP contribution < -0.4 is 27.8 Å². The molecule has 0 aliphatic carbocycles. The Morgan fingerprint density at radius 1 is 1.02 bits per heavy atom. The molecule has 1 aromatic heterocycles. The number of nitrogens with zero attached hydrogens (tertiary/aromatic N) is 2. The number of nitrogens with one attached hydrogen (secondary N) is 3. The van der Waals surface area contributed by atoms with Crippen molar-refractivity contribution in [3.05, 3.63) is 71.9 Å². The zero-order valence-electron chi connectivity index (χ0n) is 22.0. The van der Waals surface area contributed by atoms with Crippen molar-refractivity contribution in [3.63, 3.8) is 0 Å². The summed E-state index contributed by atoms with van der Waals surface area (Å²) in [7, 11) is 0. The molecule has 9 N–H and O–H groups in total. The van der Waals surface area contributed by atoms with Crippen LogP contribution in [-0.2, 0) is 32.0 Å². The van der Waals surface area contributed by atoms with Crippen LogP contribution in [0.15, 0.2) is 65.8 Å². The van der Waals surface area contributed by atoms with Gasteiger partial charge in [0.2, 0.25) is 23.6 Å². The number of imide groups is 1. The number of guanidine groups is 1. The monoisotopic (exact) mass is 546 g/mol. The SMILES string of the molecule is NC(N)=NCCC[C@@H]1C(=O)N[C@@H](Cc2c[nH]c3ccccc23)C(=O)NCC(=O)N1C(=O)[C@H](N)Cc1ccccc1.